The molecule has 140 valence electrons. The maximum absolute atomic E-state index is 12.6. The molecule has 0 radical (unpaired) electrons. The summed E-state index contributed by atoms with van der Waals surface area (Å²) in [5.41, 5.74) is 2.68. The molecule has 28 heavy (non-hydrogen) atoms. The number of hydrogen-bond acceptors (Lipinski definition) is 3. The molecule has 0 saturated heterocycles. The van der Waals surface area contributed by atoms with E-state index < -0.39 is 0 Å². The number of aromatic amines is 1. The van der Waals surface area contributed by atoms with Crippen molar-refractivity contribution in [2.45, 2.75) is 13.0 Å². The van der Waals surface area contributed by atoms with Gasteiger partial charge < -0.3 is 14.7 Å². The van der Waals surface area contributed by atoms with Crippen LogP contribution in [0.3, 0.4) is 0 Å². The number of carbonyl (C=O) groups is 1. The highest BCUT2D eigenvalue weighted by molar-refractivity contribution is 6.33. The van der Waals surface area contributed by atoms with Gasteiger partial charge in [-0.15, -0.1) is 0 Å². The summed E-state index contributed by atoms with van der Waals surface area (Å²) in [6, 6.07) is 20.3. The van der Waals surface area contributed by atoms with Crippen molar-refractivity contribution in [1.29, 1.82) is 0 Å². The van der Waals surface area contributed by atoms with Gasteiger partial charge in [0, 0.05) is 5.56 Å². The third kappa shape index (κ3) is 3.70. The molecule has 4 rings (SSSR count). The molecule has 0 aliphatic carbocycles. The molecule has 1 unspecified atom stereocenters. The minimum absolute atomic E-state index is 0.219. The predicted octanol–water partition coefficient (Wildman–Crippen LogP) is 5.48. The number of rotatable bonds is 5. The molecular weight excluding hydrogens is 374 g/mol. The summed E-state index contributed by atoms with van der Waals surface area (Å²) in [7, 11) is 0. The normalized spacial score (nSPS) is 11.9. The van der Waals surface area contributed by atoms with Crippen LogP contribution < -0.4 is 5.32 Å². The quantitative estimate of drug-likeness (QED) is 0.473. The van der Waals surface area contributed by atoms with Crippen LogP contribution in [-0.2, 0) is 0 Å². The van der Waals surface area contributed by atoms with Crippen LogP contribution in [0.1, 0.15) is 29.3 Å². The largest absolute Gasteiger partial charge is 0.451 e. The summed E-state index contributed by atoms with van der Waals surface area (Å²) in [4.78, 5) is 20.2. The molecule has 1 atom stereocenters. The highest BCUT2D eigenvalue weighted by Gasteiger charge is 2.18. The number of imidazole rings is 1. The number of hydrogen-bond donors (Lipinski definition) is 2. The fourth-order valence-corrected chi connectivity index (χ4v) is 3.15. The standard InChI is InChI=1S/C22H18ClN3O2/c1-14(21-24-13-18(26-21)15-7-3-2-4-8-15)25-22(27)20-12-11-19(28-20)16-9-5-6-10-17(16)23/h2-14H,1H3,(H,24,26)(H,25,27). The van der Waals surface area contributed by atoms with Crippen molar-refractivity contribution in [1.82, 2.24) is 15.3 Å². The van der Waals surface area contributed by atoms with Crippen LogP contribution >= 0.6 is 11.6 Å². The lowest BCUT2D eigenvalue weighted by Crippen LogP contribution is -2.27. The van der Waals surface area contributed by atoms with Crippen molar-refractivity contribution in [3.05, 3.63) is 89.5 Å². The molecule has 2 N–H and O–H groups in total. The number of aromatic nitrogens is 2. The molecule has 0 saturated carbocycles. The van der Waals surface area contributed by atoms with Gasteiger partial charge in [-0.2, -0.15) is 0 Å². The highest BCUT2D eigenvalue weighted by atomic mass is 35.5. The van der Waals surface area contributed by atoms with Gasteiger partial charge in [0.2, 0.25) is 0 Å². The van der Waals surface area contributed by atoms with Gasteiger partial charge in [0.1, 0.15) is 11.6 Å². The van der Waals surface area contributed by atoms with E-state index in [1.54, 1.807) is 24.4 Å². The van der Waals surface area contributed by atoms with Crippen molar-refractivity contribution in [3.63, 3.8) is 0 Å². The van der Waals surface area contributed by atoms with Crippen molar-refractivity contribution >= 4 is 17.5 Å². The number of amides is 1. The molecule has 0 fully saturated rings. The third-order valence-corrected chi connectivity index (χ3v) is 4.74. The van der Waals surface area contributed by atoms with E-state index in [1.807, 2.05) is 55.5 Å². The summed E-state index contributed by atoms with van der Waals surface area (Å²) in [6.07, 6.45) is 1.76. The monoisotopic (exact) mass is 391 g/mol. The highest BCUT2D eigenvalue weighted by Crippen LogP contribution is 2.29. The zero-order valence-corrected chi connectivity index (χ0v) is 15.9. The molecule has 0 bridgehead atoms. The van der Waals surface area contributed by atoms with Crippen LogP contribution in [0.4, 0.5) is 0 Å². The van der Waals surface area contributed by atoms with Crippen LogP contribution in [0.15, 0.2) is 77.3 Å². The molecule has 0 aliphatic heterocycles. The Morgan fingerprint density at radius 2 is 1.82 bits per heavy atom. The lowest BCUT2D eigenvalue weighted by atomic mass is 10.2. The maximum atomic E-state index is 12.6. The minimum Gasteiger partial charge on any atom is -0.451 e. The van der Waals surface area contributed by atoms with Gasteiger partial charge in [0.25, 0.3) is 5.91 Å². The zero-order valence-electron chi connectivity index (χ0n) is 15.1. The van der Waals surface area contributed by atoms with Crippen molar-refractivity contribution in [3.8, 4) is 22.6 Å². The number of furan rings is 1. The average molecular weight is 392 g/mol. The summed E-state index contributed by atoms with van der Waals surface area (Å²) in [5, 5.41) is 3.47. The SMILES string of the molecule is CC(NC(=O)c1ccc(-c2ccccc2Cl)o1)c1ncc(-c2ccccc2)[nH]1. The van der Waals surface area contributed by atoms with Crippen LogP contribution in [0, 0.1) is 0 Å². The van der Waals surface area contributed by atoms with Gasteiger partial charge in [-0.25, -0.2) is 4.98 Å². The van der Waals surface area contributed by atoms with Crippen molar-refractivity contribution in [2.75, 3.05) is 0 Å². The second-order valence-corrected chi connectivity index (χ2v) is 6.79. The Morgan fingerprint density at radius 1 is 1.07 bits per heavy atom. The van der Waals surface area contributed by atoms with Crippen molar-refractivity contribution in [2.24, 2.45) is 0 Å². The van der Waals surface area contributed by atoms with Gasteiger partial charge in [-0.1, -0.05) is 54.1 Å². The Morgan fingerprint density at radius 3 is 2.61 bits per heavy atom. The first kappa shape index (κ1) is 18.1. The molecule has 2 heterocycles. The van der Waals surface area contributed by atoms with Gasteiger partial charge in [0.15, 0.2) is 5.76 Å². The molecule has 0 spiro atoms. The Bertz CT molecular complexity index is 1100. The summed E-state index contributed by atoms with van der Waals surface area (Å²) in [6.45, 7) is 1.86. The van der Waals surface area contributed by atoms with Crippen molar-refractivity contribution < 1.29 is 9.21 Å². The van der Waals surface area contributed by atoms with E-state index in [9.17, 15) is 4.79 Å². The number of H-pyrrole nitrogens is 1. The molecule has 0 aliphatic rings. The van der Waals surface area contributed by atoms with Gasteiger partial charge in [0.05, 0.1) is 23.0 Å². The smallest absolute Gasteiger partial charge is 0.287 e. The Balaban J connectivity index is 1.47. The fourth-order valence-electron chi connectivity index (χ4n) is 2.92. The lowest BCUT2D eigenvalue weighted by molar-refractivity contribution is 0.0911. The Hall–Kier alpha value is -3.31. The molecule has 6 heteroatoms. The molecule has 5 nitrogen and oxygen atoms in total. The van der Waals surface area contributed by atoms with Crippen LogP contribution in [0.25, 0.3) is 22.6 Å². The van der Waals surface area contributed by atoms with Crippen LogP contribution in [-0.4, -0.2) is 15.9 Å². The zero-order chi connectivity index (χ0) is 19.5. The molecular formula is C22H18ClN3O2. The molecule has 1 amide bonds. The first-order valence-corrected chi connectivity index (χ1v) is 9.25. The fraction of sp³-hybridized carbons (Fsp3) is 0.0909. The maximum Gasteiger partial charge on any atom is 0.287 e. The van der Waals surface area contributed by atoms with E-state index >= 15 is 0 Å². The Labute approximate surface area is 167 Å². The predicted molar refractivity (Wildman–Crippen MR) is 109 cm³/mol. The second kappa shape index (κ2) is 7.74. The minimum atomic E-state index is -0.316. The van der Waals surface area contributed by atoms with E-state index in [0.29, 0.717) is 16.6 Å². The Kier molecular flexibility index (Phi) is 5.00. The first-order chi connectivity index (χ1) is 13.6. The molecule has 4 aromatic rings. The third-order valence-electron chi connectivity index (χ3n) is 4.41. The van der Waals surface area contributed by atoms with E-state index in [4.69, 9.17) is 16.0 Å². The molecule has 2 aromatic carbocycles. The summed E-state index contributed by atoms with van der Waals surface area (Å²) >= 11 is 6.19. The topological polar surface area (TPSA) is 70.9 Å². The number of nitrogens with zero attached hydrogens (tertiary/aromatic N) is 1. The number of nitrogens with one attached hydrogen (secondary N) is 2. The van der Waals surface area contributed by atoms with Gasteiger partial charge in [-0.05, 0) is 36.8 Å². The number of halogens is 1. The van der Waals surface area contributed by atoms with E-state index in [-0.39, 0.29) is 17.7 Å². The summed E-state index contributed by atoms with van der Waals surface area (Å²) in [5.74, 6) is 1.12. The summed E-state index contributed by atoms with van der Waals surface area (Å²) < 4.78 is 5.70. The van der Waals surface area contributed by atoms with E-state index in [0.717, 1.165) is 16.8 Å². The van der Waals surface area contributed by atoms with Crippen LogP contribution in [0.5, 0.6) is 0 Å². The van der Waals surface area contributed by atoms with Gasteiger partial charge in [-0.3, -0.25) is 4.79 Å². The first-order valence-electron chi connectivity index (χ1n) is 8.88. The van der Waals surface area contributed by atoms with E-state index in [1.165, 1.54) is 0 Å². The second-order valence-electron chi connectivity index (χ2n) is 6.39. The number of carbonyl (C=O) groups excluding carboxylic acids is 1. The van der Waals surface area contributed by atoms with Gasteiger partial charge >= 0.3 is 0 Å². The number of benzene rings is 2. The van der Waals surface area contributed by atoms with Crippen LogP contribution in [0.2, 0.25) is 5.02 Å². The lowest BCUT2D eigenvalue weighted by Gasteiger charge is -2.10. The average Bonchev–Trinajstić information content (AvgIpc) is 3.39. The molecule has 2 aromatic heterocycles. The van der Waals surface area contributed by atoms with E-state index in [2.05, 4.69) is 15.3 Å².